The van der Waals surface area contributed by atoms with Gasteiger partial charge in [0, 0.05) is 28.6 Å². The maximum Gasteiger partial charge on any atom is 0.224 e. The number of methoxy groups -OCH3 is 2. The minimum Gasteiger partial charge on any atom is -0.493 e. The van der Waals surface area contributed by atoms with Crippen molar-refractivity contribution >= 4 is 16.8 Å². The number of hydrogen-bond acceptors (Lipinski definition) is 3. The fourth-order valence-corrected chi connectivity index (χ4v) is 3.80. The fourth-order valence-electron chi connectivity index (χ4n) is 3.80. The summed E-state index contributed by atoms with van der Waals surface area (Å²) in [6, 6.07) is 13.8. The molecule has 1 amide bonds. The minimum atomic E-state index is -0.197. The standard InChI is InChI=1S/C23H28N2O3/c1-15-22(17-8-6-7-9-18(17)25-15)23(2,3)14-24-21(26)13-16-10-11-19(27-4)20(12-16)28-5/h6-12,25H,13-14H2,1-5H3,(H,24,26). The van der Waals surface area contributed by atoms with Gasteiger partial charge in [0.2, 0.25) is 5.91 Å². The van der Waals surface area contributed by atoms with Gasteiger partial charge in [-0.25, -0.2) is 0 Å². The number of benzene rings is 2. The first-order valence-electron chi connectivity index (χ1n) is 9.41. The van der Waals surface area contributed by atoms with Crippen LogP contribution >= 0.6 is 0 Å². The van der Waals surface area contributed by atoms with Crippen LogP contribution in [0.1, 0.15) is 30.7 Å². The van der Waals surface area contributed by atoms with Gasteiger partial charge in [-0.15, -0.1) is 0 Å². The molecule has 3 rings (SSSR count). The lowest BCUT2D eigenvalue weighted by atomic mass is 9.82. The van der Waals surface area contributed by atoms with Gasteiger partial charge in [-0.3, -0.25) is 4.79 Å². The molecule has 0 saturated carbocycles. The van der Waals surface area contributed by atoms with E-state index in [0.717, 1.165) is 16.8 Å². The number of amides is 1. The predicted molar refractivity (Wildman–Crippen MR) is 112 cm³/mol. The second-order valence-corrected chi connectivity index (χ2v) is 7.70. The molecule has 0 aliphatic heterocycles. The van der Waals surface area contributed by atoms with E-state index >= 15 is 0 Å². The van der Waals surface area contributed by atoms with E-state index in [9.17, 15) is 4.79 Å². The summed E-state index contributed by atoms with van der Waals surface area (Å²) < 4.78 is 10.6. The van der Waals surface area contributed by atoms with E-state index in [0.29, 0.717) is 24.5 Å². The fraction of sp³-hybridized carbons (Fsp3) is 0.348. The van der Waals surface area contributed by atoms with Crippen molar-refractivity contribution in [2.24, 2.45) is 0 Å². The monoisotopic (exact) mass is 380 g/mol. The van der Waals surface area contributed by atoms with Crippen molar-refractivity contribution in [3.63, 3.8) is 0 Å². The third-order valence-corrected chi connectivity index (χ3v) is 5.11. The molecule has 1 heterocycles. The number of rotatable bonds is 7. The summed E-state index contributed by atoms with van der Waals surface area (Å²) in [5.74, 6) is 1.27. The number of carbonyl (C=O) groups is 1. The van der Waals surface area contributed by atoms with Crippen LogP contribution in [-0.2, 0) is 16.6 Å². The Balaban J connectivity index is 1.70. The van der Waals surface area contributed by atoms with E-state index in [2.05, 4.69) is 43.2 Å². The Bertz CT molecular complexity index is 989. The van der Waals surface area contributed by atoms with Gasteiger partial charge in [-0.1, -0.05) is 38.1 Å². The SMILES string of the molecule is COc1ccc(CC(=O)NCC(C)(C)c2c(C)[nH]c3ccccc23)cc1OC. The number of hydrogen-bond donors (Lipinski definition) is 2. The summed E-state index contributed by atoms with van der Waals surface area (Å²) in [7, 11) is 3.19. The van der Waals surface area contributed by atoms with Crippen LogP contribution in [0, 0.1) is 6.92 Å². The zero-order valence-corrected chi connectivity index (χ0v) is 17.2. The van der Waals surface area contributed by atoms with Crippen LogP contribution in [0.15, 0.2) is 42.5 Å². The van der Waals surface area contributed by atoms with Crippen molar-refractivity contribution in [1.82, 2.24) is 10.3 Å². The Morgan fingerprint density at radius 3 is 2.50 bits per heavy atom. The molecule has 0 saturated heterocycles. The maximum absolute atomic E-state index is 12.5. The van der Waals surface area contributed by atoms with E-state index in [1.807, 2.05) is 30.3 Å². The van der Waals surface area contributed by atoms with Crippen LogP contribution in [-0.4, -0.2) is 31.7 Å². The first-order valence-corrected chi connectivity index (χ1v) is 9.41. The topological polar surface area (TPSA) is 63.3 Å². The Morgan fingerprint density at radius 1 is 1.07 bits per heavy atom. The molecule has 5 nitrogen and oxygen atoms in total. The van der Waals surface area contributed by atoms with Gasteiger partial charge < -0.3 is 19.8 Å². The van der Waals surface area contributed by atoms with Gasteiger partial charge in [0.05, 0.1) is 20.6 Å². The van der Waals surface area contributed by atoms with E-state index in [4.69, 9.17) is 9.47 Å². The number of aromatic nitrogens is 1. The molecule has 148 valence electrons. The summed E-state index contributed by atoms with van der Waals surface area (Å²) in [6.45, 7) is 6.96. The molecular weight excluding hydrogens is 352 g/mol. The number of fused-ring (bicyclic) bond motifs is 1. The average molecular weight is 380 g/mol. The lowest BCUT2D eigenvalue weighted by Crippen LogP contribution is -2.37. The van der Waals surface area contributed by atoms with Crippen LogP contribution < -0.4 is 14.8 Å². The number of carbonyl (C=O) groups excluding carboxylic acids is 1. The van der Waals surface area contributed by atoms with Crippen LogP contribution in [0.3, 0.4) is 0 Å². The molecule has 3 aromatic rings. The van der Waals surface area contributed by atoms with Crippen molar-refractivity contribution in [2.75, 3.05) is 20.8 Å². The summed E-state index contributed by atoms with van der Waals surface area (Å²) in [5, 5.41) is 4.30. The molecule has 0 atom stereocenters. The first-order chi connectivity index (χ1) is 13.4. The molecule has 0 radical (unpaired) electrons. The molecule has 5 heteroatoms. The highest BCUT2D eigenvalue weighted by molar-refractivity contribution is 5.86. The zero-order valence-electron chi connectivity index (χ0n) is 17.2. The van der Waals surface area contributed by atoms with Gasteiger partial charge in [0.25, 0.3) is 0 Å². The van der Waals surface area contributed by atoms with Crippen LogP contribution in [0.2, 0.25) is 0 Å². The van der Waals surface area contributed by atoms with E-state index in [1.165, 1.54) is 10.9 Å². The molecule has 28 heavy (non-hydrogen) atoms. The van der Waals surface area contributed by atoms with Gasteiger partial charge in [0.1, 0.15) is 0 Å². The number of ether oxygens (including phenoxy) is 2. The molecule has 0 aliphatic rings. The smallest absolute Gasteiger partial charge is 0.224 e. The normalized spacial score (nSPS) is 11.5. The lowest BCUT2D eigenvalue weighted by Gasteiger charge is -2.26. The van der Waals surface area contributed by atoms with Crippen molar-refractivity contribution < 1.29 is 14.3 Å². The Morgan fingerprint density at radius 2 is 1.79 bits per heavy atom. The molecule has 0 bridgehead atoms. The second kappa shape index (κ2) is 7.97. The predicted octanol–water partition coefficient (Wildman–Crippen LogP) is 4.13. The molecular formula is C23H28N2O3. The molecule has 2 aromatic carbocycles. The number of H-pyrrole nitrogens is 1. The van der Waals surface area contributed by atoms with Crippen molar-refractivity contribution in [3.8, 4) is 11.5 Å². The van der Waals surface area contributed by atoms with Crippen molar-refractivity contribution in [2.45, 2.75) is 32.6 Å². The first kappa shape index (κ1) is 19.8. The van der Waals surface area contributed by atoms with Crippen molar-refractivity contribution in [1.29, 1.82) is 0 Å². The summed E-state index contributed by atoms with van der Waals surface area (Å²) >= 11 is 0. The largest absolute Gasteiger partial charge is 0.493 e. The molecule has 1 aromatic heterocycles. The van der Waals surface area contributed by atoms with Gasteiger partial charge in [-0.2, -0.15) is 0 Å². The molecule has 0 spiro atoms. The third kappa shape index (κ3) is 3.98. The van der Waals surface area contributed by atoms with Crippen molar-refractivity contribution in [3.05, 3.63) is 59.3 Å². The molecule has 2 N–H and O–H groups in total. The second-order valence-electron chi connectivity index (χ2n) is 7.70. The number of para-hydroxylation sites is 1. The van der Waals surface area contributed by atoms with Gasteiger partial charge in [0.15, 0.2) is 11.5 Å². The van der Waals surface area contributed by atoms with E-state index < -0.39 is 0 Å². The summed E-state index contributed by atoms with van der Waals surface area (Å²) in [4.78, 5) is 16.0. The highest BCUT2D eigenvalue weighted by Crippen LogP contribution is 2.33. The Kier molecular flexibility index (Phi) is 5.63. The van der Waals surface area contributed by atoms with Gasteiger partial charge >= 0.3 is 0 Å². The van der Waals surface area contributed by atoms with Crippen LogP contribution in [0.5, 0.6) is 11.5 Å². The number of aryl methyl sites for hydroxylation is 1. The third-order valence-electron chi connectivity index (χ3n) is 5.11. The molecule has 0 unspecified atom stereocenters. The van der Waals surface area contributed by atoms with E-state index in [-0.39, 0.29) is 11.3 Å². The molecule has 0 aliphatic carbocycles. The highest BCUT2D eigenvalue weighted by atomic mass is 16.5. The van der Waals surface area contributed by atoms with Crippen LogP contribution in [0.4, 0.5) is 0 Å². The zero-order chi connectivity index (χ0) is 20.3. The maximum atomic E-state index is 12.5. The average Bonchev–Trinajstić information content (AvgIpc) is 3.03. The quantitative estimate of drug-likeness (QED) is 0.648. The lowest BCUT2D eigenvalue weighted by molar-refractivity contribution is -0.120. The summed E-state index contributed by atoms with van der Waals surface area (Å²) in [5.41, 5.74) is 4.20. The van der Waals surface area contributed by atoms with Crippen LogP contribution in [0.25, 0.3) is 10.9 Å². The Labute approximate surface area is 166 Å². The number of nitrogens with one attached hydrogen (secondary N) is 2. The number of aromatic amines is 1. The highest BCUT2D eigenvalue weighted by Gasteiger charge is 2.27. The van der Waals surface area contributed by atoms with E-state index in [1.54, 1.807) is 14.2 Å². The summed E-state index contributed by atoms with van der Waals surface area (Å²) in [6.07, 6.45) is 0.295. The van der Waals surface area contributed by atoms with Gasteiger partial charge in [-0.05, 0) is 36.2 Å². The molecule has 0 fully saturated rings. The Hall–Kier alpha value is -2.95. The minimum absolute atomic E-state index is 0.0159.